The second kappa shape index (κ2) is 7.21. The van der Waals surface area contributed by atoms with E-state index in [2.05, 4.69) is 21.2 Å². The molecule has 0 saturated heterocycles. The molecule has 0 heterocycles. The highest BCUT2D eigenvalue weighted by Gasteiger charge is 2.03. The van der Waals surface area contributed by atoms with Crippen LogP contribution in [0.5, 0.6) is 5.75 Å². The van der Waals surface area contributed by atoms with Gasteiger partial charge in [-0.15, -0.1) is 0 Å². The molecule has 1 aromatic rings. The van der Waals surface area contributed by atoms with E-state index < -0.39 is 0 Å². The second-order valence-corrected chi connectivity index (χ2v) is 4.95. The number of carbonyl (C=O) groups excluding carboxylic acids is 1. The average molecular weight is 312 g/mol. The number of methoxy groups -OCH3 is 1. The monoisotopic (exact) mass is 311 g/mol. The highest BCUT2D eigenvalue weighted by molar-refractivity contribution is 9.10. The minimum Gasteiger partial charge on any atom is -0.496 e. The van der Waals surface area contributed by atoms with Gasteiger partial charge in [-0.25, -0.2) is 0 Å². The first-order valence-corrected chi connectivity index (χ1v) is 6.68. The van der Waals surface area contributed by atoms with Crippen LogP contribution in [0, 0.1) is 0 Å². The van der Waals surface area contributed by atoms with E-state index in [0.717, 1.165) is 22.2 Å². The van der Waals surface area contributed by atoms with E-state index in [4.69, 9.17) is 4.74 Å². The highest BCUT2D eigenvalue weighted by atomic mass is 79.9. The standard InChI is InChI=1S/C14H18BrNO2/c1-4-10(2)16-14(17)8-5-11-9-12(15)6-7-13(11)18-3/h5-10H,4H2,1-3H3,(H,16,17). The summed E-state index contributed by atoms with van der Waals surface area (Å²) >= 11 is 3.39. The summed E-state index contributed by atoms with van der Waals surface area (Å²) in [6, 6.07) is 5.85. The van der Waals surface area contributed by atoms with Gasteiger partial charge in [-0.05, 0) is 37.6 Å². The number of benzene rings is 1. The summed E-state index contributed by atoms with van der Waals surface area (Å²) in [6.45, 7) is 4.01. The molecule has 1 N–H and O–H groups in total. The smallest absolute Gasteiger partial charge is 0.244 e. The van der Waals surface area contributed by atoms with Gasteiger partial charge in [0.1, 0.15) is 5.75 Å². The summed E-state index contributed by atoms with van der Waals surface area (Å²) in [6.07, 6.45) is 4.19. The Hall–Kier alpha value is -1.29. The molecule has 3 nitrogen and oxygen atoms in total. The van der Waals surface area contributed by atoms with Crippen LogP contribution in [-0.4, -0.2) is 19.1 Å². The van der Waals surface area contributed by atoms with Crippen molar-refractivity contribution >= 4 is 27.9 Å². The van der Waals surface area contributed by atoms with Crippen molar-refractivity contribution in [1.29, 1.82) is 0 Å². The van der Waals surface area contributed by atoms with Crippen molar-refractivity contribution in [1.82, 2.24) is 5.32 Å². The van der Waals surface area contributed by atoms with Crippen molar-refractivity contribution in [2.45, 2.75) is 26.3 Å². The topological polar surface area (TPSA) is 38.3 Å². The van der Waals surface area contributed by atoms with E-state index in [-0.39, 0.29) is 11.9 Å². The Morgan fingerprint density at radius 1 is 1.56 bits per heavy atom. The van der Waals surface area contributed by atoms with Crippen LogP contribution in [0.2, 0.25) is 0 Å². The zero-order valence-electron chi connectivity index (χ0n) is 10.9. The van der Waals surface area contributed by atoms with Gasteiger partial charge in [-0.2, -0.15) is 0 Å². The van der Waals surface area contributed by atoms with Crippen molar-refractivity contribution < 1.29 is 9.53 Å². The number of ether oxygens (including phenoxy) is 1. The van der Waals surface area contributed by atoms with Crippen LogP contribution in [0.1, 0.15) is 25.8 Å². The SMILES string of the molecule is CCC(C)NC(=O)C=Cc1cc(Br)ccc1OC. The molecule has 0 bridgehead atoms. The molecule has 98 valence electrons. The van der Waals surface area contributed by atoms with E-state index in [9.17, 15) is 4.79 Å². The minimum atomic E-state index is -0.0913. The number of rotatable bonds is 5. The van der Waals surface area contributed by atoms with Crippen molar-refractivity contribution in [2.75, 3.05) is 7.11 Å². The number of hydrogen-bond acceptors (Lipinski definition) is 2. The lowest BCUT2D eigenvalue weighted by Crippen LogP contribution is -2.30. The molecule has 0 aliphatic heterocycles. The van der Waals surface area contributed by atoms with Gasteiger partial charge in [0, 0.05) is 22.2 Å². The van der Waals surface area contributed by atoms with E-state index in [1.165, 1.54) is 6.08 Å². The van der Waals surface area contributed by atoms with Crippen LogP contribution in [0.3, 0.4) is 0 Å². The van der Waals surface area contributed by atoms with Gasteiger partial charge >= 0.3 is 0 Å². The maximum absolute atomic E-state index is 11.6. The fourth-order valence-electron chi connectivity index (χ4n) is 1.39. The fraction of sp³-hybridized carbons (Fsp3) is 0.357. The first kappa shape index (κ1) is 14.8. The Morgan fingerprint density at radius 2 is 2.28 bits per heavy atom. The maximum Gasteiger partial charge on any atom is 0.244 e. The Labute approximate surface area is 116 Å². The minimum absolute atomic E-state index is 0.0913. The molecule has 0 fully saturated rings. The van der Waals surface area contributed by atoms with Crippen molar-refractivity contribution in [3.8, 4) is 5.75 Å². The molecular weight excluding hydrogens is 294 g/mol. The maximum atomic E-state index is 11.6. The predicted octanol–water partition coefficient (Wildman–Crippen LogP) is 3.39. The molecule has 1 amide bonds. The van der Waals surface area contributed by atoms with Crippen LogP contribution in [0.4, 0.5) is 0 Å². The van der Waals surface area contributed by atoms with Gasteiger partial charge in [0.25, 0.3) is 0 Å². The molecule has 1 aromatic carbocycles. The first-order valence-electron chi connectivity index (χ1n) is 5.89. The molecule has 4 heteroatoms. The Morgan fingerprint density at radius 3 is 2.89 bits per heavy atom. The van der Waals surface area contributed by atoms with Gasteiger partial charge in [-0.3, -0.25) is 4.79 Å². The molecule has 0 aliphatic carbocycles. The third kappa shape index (κ3) is 4.53. The van der Waals surface area contributed by atoms with E-state index >= 15 is 0 Å². The molecule has 1 unspecified atom stereocenters. The summed E-state index contributed by atoms with van der Waals surface area (Å²) in [5.41, 5.74) is 0.867. The van der Waals surface area contributed by atoms with Gasteiger partial charge in [-0.1, -0.05) is 22.9 Å². The molecule has 18 heavy (non-hydrogen) atoms. The highest BCUT2D eigenvalue weighted by Crippen LogP contribution is 2.23. The molecule has 1 atom stereocenters. The van der Waals surface area contributed by atoms with Crippen molar-refractivity contribution in [3.63, 3.8) is 0 Å². The van der Waals surface area contributed by atoms with Gasteiger partial charge < -0.3 is 10.1 Å². The van der Waals surface area contributed by atoms with Gasteiger partial charge in [0.15, 0.2) is 0 Å². The lowest BCUT2D eigenvalue weighted by atomic mass is 10.2. The molecule has 0 radical (unpaired) electrons. The molecule has 0 aliphatic rings. The van der Waals surface area contributed by atoms with Crippen LogP contribution in [0.25, 0.3) is 6.08 Å². The summed E-state index contributed by atoms with van der Waals surface area (Å²) < 4.78 is 6.18. The van der Waals surface area contributed by atoms with Crippen molar-refractivity contribution in [2.24, 2.45) is 0 Å². The second-order valence-electron chi connectivity index (χ2n) is 4.04. The number of halogens is 1. The van der Waals surface area contributed by atoms with E-state index in [1.807, 2.05) is 32.0 Å². The molecule has 0 saturated carbocycles. The zero-order valence-corrected chi connectivity index (χ0v) is 12.5. The zero-order chi connectivity index (χ0) is 13.5. The summed E-state index contributed by atoms with van der Waals surface area (Å²) in [4.78, 5) is 11.6. The number of carbonyl (C=O) groups is 1. The molecule has 1 rings (SSSR count). The fourth-order valence-corrected chi connectivity index (χ4v) is 1.77. The Bertz CT molecular complexity index is 443. The van der Waals surface area contributed by atoms with E-state index in [0.29, 0.717) is 0 Å². The Kier molecular flexibility index (Phi) is 5.92. The first-order chi connectivity index (χ1) is 8.56. The lowest BCUT2D eigenvalue weighted by molar-refractivity contribution is -0.117. The summed E-state index contributed by atoms with van der Waals surface area (Å²) in [7, 11) is 1.61. The van der Waals surface area contributed by atoms with Gasteiger partial charge in [0.2, 0.25) is 5.91 Å². The molecule has 0 aromatic heterocycles. The third-order valence-electron chi connectivity index (χ3n) is 2.61. The Balaban J connectivity index is 2.77. The predicted molar refractivity (Wildman–Crippen MR) is 77.6 cm³/mol. The van der Waals surface area contributed by atoms with Crippen molar-refractivity contribution in [3.05, 3.63) is 34.3 Å². The number of hydrogen-bond donors (Lipinski definition) is 1. The molecular formula is C14H18BrNO2. The summed E-state index contributed by atoms with van der Waals surface area (Å²) in [5.74, 6) is 0.650. The van der Waals surface area contributed by atoms with Gasteiger partial charge in [0.05, 0.1) is 7.11 Å². The number of nitrogens with one attached hydrogen (secondary N) is 1. The van der Waals surface area contributed by atoms with Crippen LogP contribution in [-0.2, 0) is 4.79 Å². The van der Waals surface area contributed by atoms with Crippen LogP contribution < -0.4 is 10.1 Å². The normalized spacial score (nSPS) is 12.4. The van der Waals surface area contributed by atoms with Crippen LogP contribution in [0.15, 0.2) is 28.7 Å². The number of amides is 1. The quantitative estimate of drug-likeness (QED) is 0.847. The third-order valence-corrected chi connectivity index (χ3v) is 3.10. The lowest BCUT2D eigenvalue weighted by Gasteiger charge is -2.09. The molecule has 0 spiro atoms. The van der Waals surface area contributed by atoms with Crippen LogP contribution >= 0.6 is 15.9 Å². The largest absolute Gasteiger partial charge is 0.496 e. The van der Waals surface area contributed by atoms with E-state index in [1.54, 1.807) is 13.2 Å². The average Bonchev–Trinajstić information content (AvgIpc) is 2.36. The summed E-state index contributed by atoms with van der Waals surface area (Å²) in [5, 5.41) is 2.87.